The zero-order chi connectivity index (χ0) is 14.5. The van der Waals surface area contributed by atoms with Gasteiger partial charge in [-0.2, -0.15) is 0 Å². The molecular formula is C14H18N2O4. The SMILES string of the molecule is CCOc1ccc(NC(=O)[C@@H]2CCC[C@@H]2C(=O)O)cn1. The fraction of sp³-hybridized carbons (Fsp3) is 0.500. The third-order valence-corrected chi connectivity index (χ3v) is 3.47. The zero-order valence-electron chi connectivity index (χ0n) is 11.3. The summed E-state index contributed by atoms with van der Waals surface area (Å²) in [4.78, 5) is 27.2. The summed E-state index contributed by atoms with van der Waals surface area (Å²) in [5, 5.41) is 11.8. The fourth-order valence-electron chi connectivity index (χ4n) is 2.49. The first-order valence-electron chi connectivity index (χ1n) is 6.74. The molecule has 6 heteroatoms. The zero-order valence-corrected chi connectivity index (χ0v) is 11.3. The number of carboxylic acid groups (broad SMARTS) is 1. The molecule has 20 heavy (non-hydrogen) atoms. The quantitative estimate of drug-likeness (QED) is 0.859. The highest BCUT2D eigenvalue weighted by Crippen LogP contribution is 2.32. The van der Waals surface area contributed by atoms with E-state index in [9.17, 15) is 9.59 Å². The van der Waals surface area contributed by atoms with Crippen LogP contribution in [0, 0.1) is 11.8 Å². The molecule has 0 unspecified atom stereocenters. The van der Waals surface area contributed by atoms with Crippen molar-refractivity contribution in [3.63, 3.8) is 0 Å². The number of pyridine rings is 1. The Morgan fingerprint density at radius 2 is 2.15 bits per heavy atom. The Hall–Kier alpha value is -2.11. The van der Waals surface area contributed by atoms with Gasteiger partial charge < -0.3 is 15.2 Å². The molecular weight excluding hydrogens is 260 g/mol. The van der Waals surface area contributed by atoms with E-state index in [4.69, 9.17) is 9.84 Å². The highest BCUT2D eigenvalue weighted by molar-refractivity contribution is 5.95. The molecule has 2 rings (SSSR count). The van der Waals surface area contributed by atoms with Crippen molar-refractivity contribution < 1.29 is 19.4 Å². The molecule has 2 atom stereocenters. The number of carboxylic acids is 1. The molecule has 1 saturated carbocycles. The molecule has 6 nitrogen and oxygen atoms in total. The molecule has 108 valence electrons. The Morgan fingerprint density at radius 1 is 1.40 bits per heavy atom. The topological polar surface area (TPSA) is 88.5 Å². The summed E-state index contributed by atoms with van der Waals surface area (Å²) in [6.07, 6.45) is 3.46. The summed E-state index contributed by atoms with van der Waals surface area (Å²) in [6.45, 7) is 2.39. The number of ether oxygens (including phenoxy) is 1. The average molecular weight is 278 g/mol. The number of hydrogen-bond donors (Lipinski definition) is 2. The Labute approximate surface area is 117 Å². The van der Waals surface area contributed by atoms with Crippen LogP contribution in [0.5, 0.6) is 5.88 Å². The van der Waals surface area contributed by atoms with Crippen LogP contribution < -0.4 is 10.1 Å². The Balaban J connectivity index is 1.98. The molecule has 1 heterocycles. The lowest BCUT2D eigenvalue weighted by Crippen LogP contribution is -2.30. The Bertz CT molecular complexity index is 486. The number of nitrogens with zero attached hydrogens (tertiary/aromatic N) is 1. The third kappa shape index (κ3) is 3.26. The van der Waals surface area contributed by atoms with E-state index in [1.54, 1.807) is 12.1 Å². The van der Waals surface area contributed by atoms with E-state index in [1.165, 1.54) is 6.20 Å². The van der Waals surface area contributed by atoms with Gasteiger partial charge in [0.05, 0.1) is 30.3 Å². The highest BCUT2D eigenvalue weighted by atomic mass is 16.5. The molecule has 1 aliphatic carbocycles. The van der Waals surface area contributed by atoms with Crippen LogP contribution in [0.3, 0.4) is 0 Å². The second-order valence-electron chi connectivity index (χ2n) is 4.79. The number of carbonyl (C=O) groups excluding carboxylic acids is 1. The molecule has 1 fully saturated rings. The van der Waals surface area contributed by atoms with Crippen LogP contribution in [0.1, 0.15) is 26.2 Å². The van der Waals surface area contributed by atoms with Gasteiger partial charge in [0, 0.05) is 6.07 Å². The van der Waals surface area contributed by atoms with Crippen LogP contribution >= 0.6 is 0 Å². The standard InChI is InChI=1S/C14H18N2O4/c1-2-20-12-7-6-9(8-15-12)16-13(17)10-4-3-5-11(10)14(18)19/h6-8,10-11H,2-5H2,1H3,(H,16,17)(H,18,19)/t10-,11+/m1/s1. The first kappa shape index (κ1) is 14.3. The van der Waals surface area contributed by atoms with Gasteiger partial charge in [0.15, 0.2) is 0 Å². The van der Waals surface area contributed by atoms with Crippen LogP contribution in [0.25, 0.3) is 0 Å². The largest absolute Gasteiger partial charge is 0.481 e. The summed E-state index contributed by atoms with van der Waals surface area (Å²) in [7, 11) is 0. The smallest absolute Gasteiger partial charge is 0.307 e. The number of aromatic nitrogens is 1. The number of nitrogens with one attached hydrogen (secondary N) is 1. The van der Waals surface area contributed by atoms with Crippen molar-refractivity contribution in [3.05, 3.63) is 18.3 Å². The number of amides is 1. The van der Waals surface area contributed by atoms with Crippen molar-refractivity contribution in [2.45, 2.75) is 26.2 Å². The molecule has 0 aliphatic heterocycles. The molecule has 1 aromatic rings. The van der Waals surface area contributed by atoms with Gasteiger partial charge in [-0.25, -0.2) is 4.98 Å². The Morgan fingerprint density at radius 3 is 2.75 bits per heavy atom. The van der Waals surface area contributed by atoms with E-state index in [0.717, 1.165) is 6.42 Å². The summed E-state index contributed by atoms with van der Waals surface area (Å²) >= 11 is 0. The fourth-order valence-corrected chi connectivity index (χ4v) is 2.49. The number of carbonyl (C=O) groups is 2. The summed E-state index contributed by atoms with van der Waals surface area (Å²) < 4.78 is 5.21. The second-order valence-corrected chi connectivity index (χ2v) is 4.79. The molecule has 1 aromatic heterocycles. The molecule has 2 N–H and O–H groups in total. The minimum atomic E-state index is -0.896. The lowest BCUT2D eigenvalue weighted by molar-refractivity contribution is -0.145. The lowest BCUT2D eigenvalue weighted by atomic mass is 9.95. The Kier molecular flexibility index (Phi) is 4.55. The van der Waals surface area contributed by atoms with Crippen molar-refractivity contribution in [1.29, 1.82) is 0 Å². The summed E-state index contributed by atoms with van der Waals surface area (Å²) in [5.41, 5.74) is 0.550. The minimum Gasteiger partial charge on any atom is -0.481 e. The van der Waals surface area contributed by atoms with Crippen molar-refractivity contribution in [2.75, 3.05) is 11.9 Å². The molecule has 0 aromatic carbocycles. The summed E-state index contributed by atoms with van der Waals surface area (Å²) in [6, 6.07) is 3.36. The minimum absolute atomic E-state index is 0.249. The average Bonchev–Trinajstić information content (AvgIpc) is 2.91. The van der Waals surface area contributed by atoms with E-state index < -0.39 is 17.8 Å². The summed E-state index contributed by atoms with van der Waals surface area (Å²) in [5.74, 6) is -1.69. The van der Waals surface area contributed by atoms with E-state index in [1.807, 2.05) is 6.92 Å². The second kappa shape index (κ2) is 6.36. The maximum absolute atomic E-state index is 12.1. The van der Waals surface area contributed by atoms with Gasteiger partial charge in [-0.15, -0.1) is 0 Å². The first-order valence-corrected chi connectivity index (χ1v) is 6.74. The van der Waals surface area contributed by atoms with Crippen molar-refractivity contribution in [2.24, 2.45) is 11.8 Å². The van der Waals surface area contributed by atoms with Gasteiger partial charge in [-0.3, -0.25) is 9.59 Å². The van der Waals surface area contributed by atoms with E-state index >= 15 is 0 Å². The van der Waals surface area contributed by atoms with Gasteiger partial charge in [-0.1, -0.05) is 6.42 Å². The number of rotatable bonds is 5. The molecule has 0 radical (unpaired) electrons. The molecule has 1 amide bonds. The van der Waals surface area contributed by atoms with Gasteiger partial charge in [0.1, 0.15) is 0 Å². The molecule has 1 aliphatic rings. The normalized spacial score (nSPS) is 21.4. The molecule has 0 saturated heterocycles. The van der Waals surface area contributed by atoms with Crippen molar-refractivity contribution in [1.82, 2.24) is 4.98 Å². The highest BCUT2D eigenvalue weighted by Gasteiger charge is 2.37. The lowest BCUT2D eigenvalue weighted by Gasteiger charge is -2.15. The first-order chi connectivity index (χ1) is 9.61. The number of hydrogen-bond acceptors (Lipinski definition) is 4. The maximum Gasteiger partial charge on any atom is 0.307 e. The van der Waals surface area contributed by atoms with Crippen LogP contribution in [-0.2, 0) is 9.59 Å². The van der Waals surface area contributed by atoms with Gasteiger partial charge in [0.2, 0.25) is 11.8 Å². The van der Waals surface area contributed by atoms with Crippen molar-refractivity contribution in [3.8, 4) is 5.88 Å². The predicted molar refractivity (Wildman–Crippen MR) is 72.5 cm³/mol. The van der Waals surface area contributed by atoms with E-state index in [2.05, 4.69) is 10.3 Å². The van der Waals surface area contributed by atoms with Crippen LogP contribution in [0.15, 0.2) is 18.3 Å². The van der Waals surface area contributed by atoms with Crippen molar-refractivity contribution >= 4 is 17.6 Å². The maximum atomic E-state index is 12.1. The van der Waals surface area contributed by atoms with Gasteiger partial charge >= 0.3 is 5.97 Å². The van der Waals surface area contributed by atoms with Crippen LogP contribution in [0.4, 0.5) is 5.69 Å². The van der Waals surface area contributed by atoms with Gasteiger partial charge in [-0.05, 0) is 25.8 Å². The van der Waals surface area contributed by atoms with Gasteiger partial charge in [0.25, 0.3) is 0 Å². The van der Waals surface area contributed by atoms with Crippen LogP contribution in [0.2, 0.25) is 0 Å². The number of aliphatic carboxylic acids is 1. The third-order valence-electron chi connectivity index (χ3n) is 3.47. The predicted octanol–water partition coefficient (Wildman–Crippen LogP) is 1.92. The van der Waals surface area contributed by atoms with Crippen LogP contribution in [-0.4, -0.2) is 28.6 Å². The number of anilines is 1. The molecule has 0 spiro atoms. The molecule has 0 bridgehead atoms. The van der Waals surface area contributed by atoms with E-state index in [-0.39, 0.29) is 5.91 Å². The van der Waals surface area contributed by atoms with E-state index in [0.29, 0.717) is 31.0 Å². The monoisotopic (exact) mass is 278 g/mol.